The zero-order valence-electron chi connectivity index (χ0n) is 14.6. The smallest absolute Gasteiger partial charge is 0.190 e. The van der Waals surface area contributed by atoms with Gasteiger partial charge in [0.05, 0.1) is 18.9 Å². The molecular formula is C20H21ClN2O2. The van der Waals surface area contributed by atoms with E-state index in [-0.39, 0.29) is 12.3 Å². The van der Waals surface area contributed by atoms with Crippen molar-refractivity contribution in [2.75, 3.05) is 7.11 Å². The van der Waals surface area contributed by atoms with Crippen LogP contribution in [0, 0.1) is 5.92 Å². The maximum atomic E-state index is 6.23. The van der Waals surface area contributed by atoms with Crippen LogP contribution in [0.15, 0.2) is 47.6 Å². The minimum atomic E-state index is -0.0746. The van der Waals surface area contributed by atoms with Crippen LogP contribution in [0.5, 0.6) is 11.5 Å². The van der Waals surface area contributed by atoms with Crippen molar-refractivity contribution in [3.05, 3.63) is 58.6 Å². The molecule has 0 saturated carbocycles. The highest BCUT2D eigenvalue weighted by Gasteiger charge is 2.41. The number of hydrazone groups is 1. The van der Waals surface area contributed by atoms with Crippen LogP contribution < -0.4 is 9.47 Å². The molecule has 0 N–H and O–H groups in total. The van der Waals surface area contributed by atoms with Gasteiger partial charge in [-0.05, 0) is 48.0 Å². The molecule has 0 amide bonds. The van der Waals surface area contributed by atoms with E-state index in [1.807, 2.05) is 30.3 Å². The minimum absolute atomic E-state index is 0.0746. The van der Waals surface area contributed by atoms with Gasteiger partial charge < -0.3 is 9.47 Å². The molecule has 130 valence electrons. The predicted molar refractivity (Wildman–Crippen MR) is 99.4 cm³/mol. The molecule has 4 nitrogen and oxygen atoms in total. The number of rotatable bonds is 3. The topological polar surface area (TPSA) is 34.1 Å². The number of halogens is 1. The number of hydrogen-bond acceptors (Lipinski definition) is 4. The second-order valence-electron chi connectivity index (χ2n) is 6.81. The summed E-state index contributed by atoms with van der Waals surface area (Å²) in [6, 6.07) is 14.1. The Morgan fingerprint density at radius 2 is 1.96 bits per heavy atom. The molecule has 2 aliphatic rings. The second-order valence-corrected chi connectivity index (χ2v) is 7.25. The van der Waals surface area contributed by atoms with Crippen LogP contribution in [0.2, 0.25) is 5.02 Å². The number of fused-ring (bicyclic) bond motifs is 3. The third-order valence-corrected chi connectivity index (χ3v) is 5.01. The van der Waals surface area contributed by atoms with E-state index in [9.17, 15) is 0 Å². The van der Waals surface area contributed by atoms with Crippen molar-refractivity contribution in [3.8, 4) is 11.5 Å². The molecular weight excluding hydrogens is 336 g/mol. The molecule has 5 heteroatoms. The number of hydrogen-bond donors (Lipinski definition) is 0. The van der Waals surface area contributed by atoms with E-state index in [0.717, 1.165) is 39.8 Å². The Kier molecular flexibility index (Phi) is 4.08. The Balaban J connectivity index is 1.72. The summed E-state index contributed by atoms with van der Waals surface area (Å²) in [5.41, 5.74) is 3.28. The molecule has 2 heterocycles. The normalized spacial score (nSPS) is 21.5. The molecule has 0 aromatic heterocycles. The lowest BCUT2D eigenvalue weighted by Crippen LogP contribution is -2.43. The van der Waals surface area contributed by atoms with E-state index in [1.165, 1.54) is 0 Å². The summed E-state index contributed by atoms with van der Waals surface area (Å²) in [4.78, 5) is 0. The summed E-state index contributed by atoms with van der Waals surface area (Å²) in [5.74, 6) is 2.08. The van der Waals surface area contributed by atoms with Crippen LogP contribution in [0.25, 0.3) is 0 Å². The maximum absolute atomic E-state index is 6.23. The lowest BCUT2D eigenvalue weighted by molar-refractivity contribution is -0.0461. The summed E-state index contributed by atoms with van der Waals surface area (Å²) in [6.07, 6.45) is 0.765. The Hall–Kier alpha value is -2.20. The zero-order valence-corrected chi connectivity index (χ0v) is 15.3. The van der Waals surface area contributed by atoms with Gasteiger partial charge in [-0.1, -0.05) is 25.4 Å². The molecule has 2 unspecified atom stereocenters. The van der Waals surface area contributed by atoms with Crippen LogP contribution in [0.3, 0.4) is 0 Å². The van der Waals surface area contributed by atoms with Gasteiger partial charge in [-0.15, -0.1) is 0 Å². The lowest BCUT2D eigenvalue weighted by Gasteiger charge is -2.40. The molecule has 2 aromatic carbocycles. The number of ether oxygens (including phenoxy) is 2. The fourth-order valence-corrected chi connectivity index (χ4v) is 3.67. The van der Waals surface area contributed by atoms with Crippen molar-refractivity contribution >= 4 is 17.3 Å². The Bertz CT molecular complexity index is 817. The van der Waals surface area contributed by atoms with E-state index in [1.54, 1.807) is 7.11 Å². The molecule has 2 aliphatic heterocycles. The zero-order chi connectivity index (χ0) is 17.6. The number of methoxy groups -OCH3 is 1. The van der Waals surface area contributed by atoms with Crippen molar-refractivity contribution in [1.82, 2.24) is 5.01 Å². The van der Waals surface area contributed by atoms with E-state index in [0.29, 0.717) is 5.92 Å². The molecule has 25 heavy (non-hydrogen) atoms. The highest BCUT2D eigenvalue weighted by Crippen LogP contribution is 2.45. The average Bonchev–Trinajstić information content (AvgIpc) is 3.06. The van der Waals surface area contributed by atoms with Gasteiger partial charge in [-0.2, -0.15) is 5.10 Å². The Morgan fingerprint density at radius 3 is 2.64 bits per heavy atom. The van der Waals surface area contributed by atoms with Gasteiger partial charge in [0.2, 0.25) is 0 Å². The lowest BCUT2D eigenvalue weighted by atomic mass is 9.95. The molecule has 2 aromatic rings. The van der Waals surface area contributed by atoms with Crippen LogP contribution in [-0.2, 0) is 0 Å². The molecule has 0 aliphatic carbocycles. The first-order valence-electron chi connectivity index (χ1n) is 8.53. The summed E-state index contributed by atoms with van der Waals surface area (Å²) in [5, 5.41) is 7.73. The molecule has 2 atom stereocenters. The third-order valence-electron chi connectivity index (χ3n) is 4.78. The highest BCUT2D eigenvalue weighted by atomic mass is 35.5. The van der Waals surface area contributed by atoms with Crippen LogP contribution in [0.4, 0.5) is 0 Å². The van der Waals surface area contributed by atoms with Gasteiger partial charge in [0.25, 0.3) is 0 Å². The summed E-state index contributed by atoms with van der Waals surface area (Å²) < 4.78 is 11.5. The second kappa shape index (κ2) is 6.26. The van der Waals surface area contributed by atoms with E-state index < -0.39 is 0 Å². The van der Waals surface area contributed by atoms with Crippen molar-refractivity contribution in [2.24, 2.45) is 11.0 Å². The summed E-state index contributed by atoms with van der Waals surface area (Å²) in [7, 11) is 1.67. The first-order chi connectivity index (χ1) is 12.1. The number of benzene rings is 2. The molecule has 0 fully saturated rings. The fourth-order valence-electron chi connectivity index (χ4n) is 3.48. The largest absolute Gasteiger partial charge is 0.497 e. The quantitative estimate of drug-likeness (QED) is 0.786. The van der Waals surface area contributed by atoms with Crippen LogP contribution >= 0.6 is 11.6 Å². The van der Waals surface area contributed by atoms with Gasteiger partial charge in [0.1, 0.15) is 11.5 Å². The van der Waals surface area contributed by atoms with Gasteiger partial charge >= 0.3 is 0 Å². The molecule has 0 spiro atoms. The maximum Gasteiger partial charge on any atom is 0.190 e. The summed E-state index contributed by atoms with van der Waals surface area (Å²) >= 11 is 6.23. The first-order valence-corrected chi connectivity index (χ1v) is 8.91. The van der Waals surface area contributed by atoms with Crippen molar-refractivity contribution in [2.45, 2.75) is 32.5 Å². The van der Waals surface area contributed by atoms with Gasteiger partial charge in [-0.3, -0.25) is 0 Å². The standard InChI is InChI=1S/C20H21ClN2O2/c1-12(2)20-23-18(16-10-14(21)6-9-19(16)25-20)11-17(22-23)13-4-7-15(24-3)8-5-13/h4-10,12,18,20H,11H2,1-3H3. The molecule has 0 radical (unpaired) electrons. The highest BCUT2D eigenvalue weighted by molar-refractivity contribution is 6.30. The van der Waals surface area contributed by atoms with Crippen molar-refractivity contribution in [1.29, 1.82) is 0 Å². The minimum Gasteiger partial charge on any atom is -0.497 e. The Labute approximate surface area is 153 Å². The van der Waals surface area contributed by atoms with E-state index in [4.69, 9.17) is 26.2 Å². The monoisotopic (exact) mass is 356 g/mol. The summed E-state index contributed by atoms with van der Waals surface area (Å²) in [6.45, 7) is 4.31. The third kappa shape index (κ3) is 2.85. The predicted octanol–water partition coefficient (Wildman–Crippen LogP) is 4.87. The molecule has 4 rings (SSSR count). The average molecular weight is 357 g/mol. The van der Waals surface area contributed by atoms with Crippen molar-refractivity contribution < 1.29 is 9.47 Å². The van der Waals surface area contributed by atoms with E-state index >= 15 is 0 Å². The Morgan fingerprint density at radius 1 is 1.20 bits per heavy atom. The van der Waals surface area contributed by atoms with Gasteiger partial charge in [0, 0.05) is 22.9 Å². The van der Waals surface area contributed by atoms with Gasteiger partial charge in [-0.25, -0.2) is 5.01 Å². The SMILES string of the molecule is COc1ccc(C2=NN3C(C2)c2cc(Cl)ccc2OC3C(C)C)cc1. The van der Waals surface area contributed by atoms with E-state index in [2.05, 4.69) is 31.0 Å². The first kappa shape index (κ1) is 16.3. The fraction of sp³-hybridized carbons (Fsp3) is 0.350. The van der Waals surface area contributed by atoms with Crippen molar-refractivity contribution in [3.63, 3.8) is 0 Å². The van der Waals surface area contributed by atoms with Crippen LogP contribution in [-0.4, -0.2) is 24.1 Å². The number of nitrogens with zero attached hydrogens (tertiary/aromatic N) is 2. The van der Waals surface area contributed by atoms with Crippen LogP contribution in [0.1, 0.15) is 37.4 Å². The molecule has 0 saturated heterocycles. The van der Waals surface area contributed by atoms with Gasteiger partial charge in [0.15, 0.2) is 6.23 Å². The molecule has 0 bridgehead atoms.